The highest BCUT2D eigenvalue weighted by Gasteiger charge is 2.20. The van der Waals surface area contributed by atoms with Crippen LogP contribution in [0.3, 0.4) is 0 Å². The molecule has 1 rings (SSSR count). The quantitative estimate of drug-likeness (QED) is 0.860. The number of halogens is 2. The van der Waals surface area contributed by atoms with Gasteiger partial charge in [-0.25, -0.2) is 4.39 Å². The third-order valence-corrected chi connectivity index (χ3v) is 2.16. The first-order valence-electron chi connectivity index (χ1n) is 4.85. The van der Waals surface area contributed by atoms with E-state index in [9.17, 15) is 8.78 Å². The fourth-order valence-electron chi connectivity index (χ4n) is 1.54. The number of ether oxygens (including phenoxy) is 2. The highest BCUT2D eigenvalue weighted by Crippen LogP contribution is 2.35. The SMILES string of the molecule is COc1c(CC(C)N)cc(F)c(F)c1OC. The predicted octanol–water partition coefficient (Wildman–Crippen LogP) is 1.87. The fourth-order valence-corrected chi connectivity index (χ4v) is 1.54. The molecular formula is C11H15F2NO2. The molecule has 0 saturated carbocycles. The van der Waals surface area contributed by atoms with Gasteiger partial charge >= 0.3 is 0 Å². The first-order valence-corrected chi connectivity index (χ1v) is 4.85. The molecule has 0 aliphatic heterocycles. The third-order valence-electron chi connectivity index (χ3n) is 2.16. The maximum Gasteiger partial charge on any atom is 0.204 e. The van der Waals surface area contributed by atoms with Crippen molar-refractivity contribution in [3.63, 3.8) is 0 Å². The van der Waals surface area contributed by atoms with E-state index in [2.05, 4.69) is 0 Å². The Labute approximate surface area is 93.2 Å². The van der Waals surface area contributed by atoms with Gasteiger partial charge in [-0.2, -0.15) is 4.39 Å². The largest absolute Gasteiger partial charge is 0.492 e. The van der Waals surface area contributed by atoms with E-state index >= 15 is 0 Å². The smallest absolute Gasteiger partial charge is 0.204 e. The van der Waals surface area contributed by atoms with Gasteiger partial charge in [-0.05, 0) is 19.4 Å². The van der Waals surface area contributed by atoms with Crippen molar-refractivity contribution in [2.45, 2.75) is 19.4 Å². The van der Waals surface area contributed by atoms with E-state index in [4.69, 9.17) is 15.2 Å². The maximum atomic E-state index is 13.4. The summed E-state index contributed by atoms with van der Waals surface area (Å²) >= 11 is 0. The van der Waals surface area contributed by atoms with Gasteiger partial charge in [-0.1, -0.05) is 0 Å². The van der Waals surface area contributed by atoms with Crippen molar-refractivity contribution in [3.05, 3.63) is 23.3 Å². The van der Waals surface area contributed by atoms with Crippen LogP contribution in [0.1, 0.15) is 12.5 Å². The summed E-state index contributed by atoms with van der Waals surface area (Å²) in [5, 5.41) is 0. The molecule has 0 bridgehead atoms. The normalized spacial score (nSPS) is 12.4. The average molecular weight is 231 g/mol. The molecule has 90 valence electrons. The van der Waals surface area contributed by atoms with Gasteiger partial charge < -0.3 is 15.2 Å². The number of hydrogen-bond donors (Lipinski definition) is 1. The Balaban J connectivity index is 3.31. The minimum absolute atomic E-state index is 0.177. The highest BCUT2D eigenvalue weighted by atomic mass is 19.2. The van der Waals surface area contributed by atoms with Gasteiger partial charge in [0, 0.05) is 11.6 Å². The molecule has 0 heterocycles. The topological polar surface area (TPSA) is 44.5 Å². The summed E-state index contributed by atoms with van der Waals surface area (Å²) in [6, 6.07) is 0.906. The minimum Gasteiger partial charge on any atom is -0.492 e. The van der Waals surface area contributed by atoms with Crippen molar-refractivity contribution in [1.29, 1.82) is 0 Å². The zero-order chi connectivity index (χ0) is 12.3. The summed E-state index contributed by atoms with van der Waals surface area (Å²) in [5.74, 6) is -2.04. The van der Waals surface area contributed by atoms with E-state index < -0.39 is 11.6 Å². The molecule has 0 saturated heterocycles. The van der Waals surface area contributed by atoms with Crippen LogP contribution >= 0.6 is 0 Å². The van der Waals surface area contributed by atoms with Crippen LogP contribution in [0.5, 0.6) is 11.5 Å². The zero-order valence-corrected chi connectivity index (χ0v) is 9.51. The zero-order valence-electron chi connectivity index (χ0n) is 9.51. The predicted molar refractivity (Wildman–Crippen MR) is 56.8 cm³/mol. The van der Waals surface area contributed by atoms with Crippen LogP contribution in [0.2, 0.25) is 0 Å². The molecule has 3 nitrogen and oxygen atoms in total. The summed E-state index contributed by atoms with van der Waals surface area (Å²) in [4.78, 5) is 0. The van der Waals surface area contributed by atoms with Gasteiger partial charge in [-0.15, -0.1) is 0 Å². The molecule has 0 aromatic heterocycles. The van der Waals surface area contributed by atoms with Crippen molar-refractivity contribution >= 4 is 0 Å². The first-order chi connectivity index (χ1) is 7.51. The van der Waals surface area contributed by atoms with Crippen molar-refractivity contribution in [3.8, 4) is 11.5 Å². The molecule has 0 aliphatic rings. The monoisotopic (exact) mass is 231 g/mol. The molecule has 16 heavy (non-hydrogen) atoms. The van der Waals surface area contributed by atoms with Crippen molar-refractivity contribution < 1.29 is 18.3 Å². The third kappa shape index (κ3) is 2.41. The second-order valence-electron chi connectivity index (χ2n) is 3.58. The van der Waals surface area contributed by atoms with Crippen LogP contribution < -0.4 is 15.2 Å². The van der Waals surface area contributed by atoms with Crippen LogP contribution in [-0.4, -0.2) is 20.3 Å². The van der Waals surface area contributed by atoms with E-state index in [0.29, 0.717) is 12.0 Å². The van der Waals surface area contributed by atoms with Gasteiger partial charge in [0.25, 0.3) is 0 Å². The minimum atomic E-state index is -1.05. The van der Waals surface area contributed by atoms with E-state index in [1.807, 2.05) is 0 Å². The Hall–Kier alpha value is -1.36. The van der Waals surface area contributed by atoms with E-state index in [0.717, 1.165) is 6.07 Å². The molecule has 0 spiro atoms. The summed E-state index contributed by atoms with van der Waals surface area (Å²) in [6.45, 7) is 1.77. The lowest BCUT2D eigenvalue weighted by Crippen LogP contribution is -2.18. The number of rotatable bonds is 4. The Morgan fingerprint density at radius 3 is 2.25 bits per heavy atom. The molecule has 1 unspecified atom stereocenters. The Kier molecular flexibility index (Phi) is 4.06. The standard InChI is InChI=1S/C11H15F2NO2/c1-6(14)4-7-5-8(12)9(13)11(16-3)10(7)15-2/h5-6H,4,14H2,1-3H3. The second-order valence-corrected chi connectivity index (χ2v) is 3.58. The molecule has 2 N–H and O–H groups in total. The molecular weight excluding hydrogens is 216 g/mol. The van der Waals surface area contributed by atoms with Crippen LogP contribution in [0, 0.1) is 11.6 Å². The Bertz CT molecular complexity index is 381. The number of benzene rings is 1. The van der Waals surface area contributed by atoms with Crippen LogP contribution in [0.25, 0.3) is 0 Å². The summed E-state index contributed by atoms with van der Waals surface area (Å²) in [6.07, 6.45) is 0.386. The molecule has 5 heteroatoms. The van der Waals surface area contributed by atoms with E-state index in [1.54, 1.807) is 6.92 Å². The lowest BCUT2D eigenvalue weighted by molar-refractivity contribution is 0.325. The highest BCUT2D eigenvalue weighted by molar-refractivity contribution is 5.48. The van der Waals surface area contributed by atoms with Crippen LogP contribution in [0.15, 0.2) is 6.07 Å². The number of hydrogen-bond acceptors (Lipinski definition) is 3. The van der Waals surface area contributed by atoms with Crippen LogP contribution in [0.4, 0.5) is 8.78 Å². The Morgan fingerprint density at radius 2 is 1.81 bits per heavy atom. The van der Waals surface area contributed by atoms with Gasteiger partial charge in [0.2, 0.25) is 5.82 Å². The number of methoxy groups -OCH3 is 2. The van der Waals surface area contributed by atoms with Crippen LogP contribution in [-0.2, 0) is 6.42 Å². The summed E-state index contributed by atoms with van der Waals surface area (Å²) < 4.78 is 36.4. The maximum absolute atomic E-state index is 13.4. The fraction of sp³-hybridized carbons (Fsp3) is 0.455. The average Bonchev–Trinajstić information content (AvgIpc) is 2.21. The lowest BCUT2D eigenvalue weighted by Gasteiger charge is -2.15. The molecule has 1 aromatic rings. The summed E-state index contributed by atoms with van der Waals surface area (Å²) in [7, 11) is 2.63. The first kappa shape index (κ1) is 12.7. The summed E-state index contributed by atoms with van der Waals surface area (Å²) in [5.41, 5.74) is 6.11. The van der Waals surface area contributed by atoms with Crippen molar-refractivity contribution in [2.75, 3.05) is 14.2 Å². The molecule has 0 radical (unpaired) electrons. The van der Waals surface area contributed by atoms with Crippen molar-refractivity contribution in [1.82, 2.24) is 0 Å². The van der Waals surface area contributed by atoms with Gasteiger partial charge in [0.05, 0.1) is 14.2 Å². The molecule has 0 amide bonds. The molecule has 1 atom stereocenters. The molecule has 1 aromatic carbocycles. The lowest BCUT2D eigenvalue weighted by atomic mass is 10.1. The van der Waals surface area contributed by atoms with Crippen molar-refractivity contribution in [2.24, 2.45) is 5.73 Å². The Morgan fingerprint density at radius 1 is 1.25 bits per heavy atom. The second kappa shape index (κ2) is 5.12. The van der Waals surface area contributed by atoms with Gasteiger partial charge in [-0.3, -0.25) is 0 Å². The van der Waals surface area contributed by atoms with E-state index in [-0.39, 0.29) is 17.5 Å². The van der Waals surface area contributed by atoms with Gasteiger partial charge in [0.15, 0.2) is 17.3 Å². The molecule has 0 fully saturated rings. The number of nitrogens with two attached hydrogens (primary N) is 1. The molecule has 0 aliphatic carbocycles. The van der Waals surface area contributed by atoms with E-state index in [1.165, 1.54) is 14.2 Å². The van der Waals surface area contributed by atoms with Gasteiger partial charge in [0.1, 0.15) is 0 Å².